The molecular weight excluding hydrogens is 577 g/mol. The second kappa shape index (κ2) is 12.8. The van der Waals surface area contributed by atoms with E-state index >= 15 is 0 Å². The molecule has 0 aromatic heterocycles. The monoisotopic (exact) mass is 623 g/mol. The summed E-state index contributed by atoms with van der Waals surface area (Å²) in [6, 6.07) is -1.78. The minimum absolute atomic E-state index is 0.0602. The number of hydrazine groups is 1. The Hall–Kier alpha value is -1.40. The molecular formula is C27H46F5N9O2. The van der Waals surface area contributed by atoms with Gasteiger partial charge in [-0.15, -0.1) is 0 Å². The largest absolute Gasteiger partial charge is 0.405 e. The number of hydrogen-bond acceptors (Lipinski definition) is 9. The lowest BCUT2D eigenvalue weighted by Crippen LogP contribution is -2.73. The molecule has 8 atom stereocenters. The first kappa shape index (κ1) is 31.6. The molecule has 2 saturated carbocycles. The third-order valence-corrected chi connectivity index (χ3v) is 10.4. The van der Waals surface area contributed by atoms with Crippen LogP contribution in [0.5, 0.6) is 0 Å². The molecule has 6 aliphatic rings. The van der Waals surface area contributed by atoms with E-state index in [9.17, 15) is 22.0 Å². The number of fused-ring (bicyclic) bond motifs is 1. The van der Waals surface area contributed by atoms with E-state index in [2.05, 4.69) is 26.7 Å². The quantitative estimate of drug-likeness (QED) is 0.210. The first-order chi connectivity index (χ1) is 20.6. The molecule has 4 aliphatic heterocycles. The summed E-state index contributed by atoms with van der Waals surface area (Å²) in [5.41, 5.74) is 2.64. The lowest BCUT2D eigenvalue weighted by atomic mass is 9.85. The molecule has 246 valence electrons. The van der Waals surface area contributed by atoms with Crippen molar-refractivity contribution in [3.8, 4) is 0 Å². The fourth-order valence-corrected chi connectivity index (χ4v) is 8.13. The van der Waals surface area contributed by atoms with Crippen molar-refractivity contribution in [1.82, 2.24) is 41.5 Å². The number of guanidine groups is 1. The van der Waals surface area contributed by atoms with Crippen molar-refractivity contribution in [3.63, 3.8) is 0 Å². The van der Waals surface area contributed by atoms with Gasteiger partial charge in [-0.3, -0.25) is 21.4 Å². The summed E-state index contributed by atoms with van der Waals surface area (Å²) in [5.74, 6) is 0.918. The zero-order valence-electron chi connectivity index (χ0n) is 24.8. The molecule has 6 N–H and O–H groups in total. The van der Waals surface area contributed by atoms with Crippen molar-refractivity contribution in [2.24, 2.45) is 17.8 Å². The number of methoxy groups -OCH3 is 2. The summed E-state index contributed by atoms with van der Waals surface area (Å²) in [6.45, 7) is 1.14. The molecule has 16 heteroatoms. The zero-order chi connectivity index (χ0) is 30.5. The van der Waals surface area contributed by atoms with Crippen LogP contribution in [0.1, 0.15) is 44.9 Å². The van der Waals surface area contributed by atoms with Crippen LogP contribution in [0.2, 0.25) is 0 Å². The van der Waals surface area contributed by atoms with Crippen LogP contribution in [-0.2, 0) is 9.47 Å². The third kappa shape index (κ3) is 6.48. The average Bonchev–Trinajstić information content (AvgIpc) is 3.69. The Morgan fingerprint density at radius 3 is 2.35 bits per heavy atom. The molecule has 0 radical (unpaired) electrons. The van der Waals surface area contributed by atoms with Gasteiger partial charge in [0.1, 0.15) is 24.7 Å². The van der Waals surface area contributed by atoms with Crippen molar-refractivity contribution in [1.29, 1.82) is 5.41 Å². The predicted molar refractivity (Wildman–Crippen MR) is 148 cm³/mol. The van der Waals surface area contributed by atoms with E-state index < -0.39 is 31.4 Å². The number of nitrogens with one attached hydrogen (secondary N) is 6. The predicted octanol–water partition coefficient (Wildman–Crippen LogP) is 1.21. The maximum Gasteiger partial charge on any atom is 0.405 e. The normalized spacial score (nSPS) is 41.3. The van der Waals surface area contributed by atoms with Crippen molar-refractivity contribution in [3.05, 3.63) is 0 Å². The van der Waals surface area contributed by atoms with Crippen LogP contribution < -0.4 is 26.7 Å². The summed E-state index contributed by atoms with van der Waals surface area (Å²) in [7, 11) is 3.13. The summed E-state index contributed by atoms with van der Waals surface area (Å²) in [4.78, 5) is 3.45. The number of halogens is 5. The third-order valence-electron chi connectivity index (χ3n) is 10.4. The molecule has 4 saturated heterocycles. The van der Waals surface area contributed by atoms with Gasteiger partial charge in [-0.2, -0.15) is 13.2 Å². The van der Waals surface area contributed by atoms with Gasteiger partial charge in [0, 0.05) is 58.4 Å². The maximum absolute atomic E-state index is 13.6. The highest BCUT2D eigenvalue weighted by Gasteiger charge is 2.53. The van der Waals surface area contributed by atoms with Gasteiger partial charge in [-0.05, 0) is 50.4 Å². The number of alkyl halides is 5. The Labute approximate surface area is 249 Å². The summed E-state index contributed by atoms with van der Waals surface area (Å²) in [5, 5.41) is 24.8. The summed E-state index contributed by atoms with van der Waals surface area (Å²) >= 11 is 0. The smallest absolute Gasteiger partial charge is 0.366 e. The van der Waals surface area contributed by atoms with Gasteiger partial charge in [0.05, 0.1) is 18.8 Å². The van der Waals surface area contributed by atoms with E-state index in [0.717, 1.165) is 12.8 Å². The molecule has 4 heterocycles. The van der Waals surface area contributed by atoms with Gasteiger partial charge in [0.15, 0.2) is 5.96 Å². The van der Waals surface area contributed by atoms with Gasteiger partial charge >= 0.3 is 6.18 Å². The Balaban J connectivity index is 1.13. The van der Waals surface area contributed by atoms with Gasteiger partial charge in [-0.1, -0.05) is 0 Å². The average molecular weight is 624 g/mol. The molecule has 2 aliphatic carbocycles. The molecule has 11 nitrogen and oxygen atoms in total. The Kier molecular flexibility index (Phi) is 9.38. The van der Waals surface area contributed by atoms with Crippen LogP contribution >= 0.6 is 0 Å². The molecule has 0 spiro atoms. The second-order valence-corrected chi connectivity index (χ2v) is 13.0. The lowest BCUT2D eigenvalue weighted by Gasteiger charge is -2.48. The van der Waals surface area contributed by atoms with E-state index in [-0.39, 0.29) is 60.9 Å². The molecule has 0 aromatic rings. The molecule has 6 fully saturated rings. The van der Waals surface area contributed by atoms with E-state index in [4.69, 9.17) is 14.9 Å². The Morgan fingerprint density at radius 1 is 0.977 bits per heavy atom. The highest BCUT2D eigenvalue weighted by Crippen LogP contribution is 2.40. The summed E-state index contributed by atoms with van der Waals surface area (Å²) < 4.78 is 78.7. The first-order valence-electron chi connectivity index (χ1n) is 15.6. The van der Waals surface area contributed by atoms with E-state index in [1.54, 1.807) is 12.1 Å². The van der Waals surface area contributed by atoms with Gasteiger partial charge in [-0.25, -0.2) is 19.2 Å². The van der Waals surface area contributed by atoms with Crippen LogP contribution in [0, 0.1) is 23.2 Å². The lowest BCUT2D eigenvalue weighted by molar-refractivity contribution is -0.158. The maximum atomic E-state index is 13.6. The van der Waals surface area contributed by atoms with Crippen molar-refractivity contribution in [2.75, 3.05) is 40.5 Å². The number of hydrogen-bond donors (Lipinski definition) is 6. The Bertz CT molecular complexity index is 970. The topological polar surface area (TPSA) is 112 Å². The fourth-order valence-electron chi connectivity index (χ4n) is 8.13. The first-order valence-corrected chi connectivity index (χ1v) is 15.6. The molecule has 43 heavy (non-hydrogen) atoms. The number of rotatable bonds is 9. The number of nitrogens with zero attached hydrogens (tertiary/aromatic N) is 3. The second-order valence-electron chi connectivity index (χ2n) is 13.0. The van der Waals surface area contributed by atoms with Gasteiger partial charge in [0.2, 0.25) is 0 Å². The van der Waals surface area contributed by atoms with Crippen LogP contribution in [0.15, 0.2) is 0 Å². The fraction of sp³-hybridized carbons (Fsp3) is 0.963. The molecule has 0 amide bonds. The van der Waals surface area contributed by atoms with Crippen molar-refractivity contribution < 1.29 is 31.4 Å². The molecule has 0 bridgehead atoms. The minimum Gasteiger partial charge on any atom is -0.366 e. The van der Waals surface area contributed by atoms with Crippen LogP contribution in [0.25, 0.3) is 0 Å². The standard InChI is InChI=1S/C27H46F5N9O2/c1-42-20-9-18(27(30,31)32)38-41(20)16-7-3-14(4-8-16)11-40-24-17(39(26(40)33)12-19(28)29)10-34-23(37-24)21-22(15-5-6-15)35-13-36-25(21)43-2/h14-25,33-38H,3-13H2,1-2H3. The zero-order valence-corrected chi connectivity index (χ0v) is 24.8. The highest BCUT2D eigenvalue weighted by molar-refractivity contribution is 5.80. The van der Waals surface area contributed by atoms with Gasteiger partial charge < -0.3 is 24.6 Å². The summed E-state index contributed by atoms with van der Waals surface area (Å²) in [6.07, 6.45) is -3.11. The minimum atomic E-state index is -4.34. The van der Waals surface area contributed by atoms with Crippen molar-refractivity contribution >= 4 is 5.96 Å². The van der Waals surface area contributed by atoms with E-state index in [1.165, 1.54) is 24.9 Å². The Morgan fingerprint density at radius 2 is 1.72 bits per heavy atom. The van der Waals surface area contributed by atoms with Crippen molar-refractivity contribution in [2.45, 2.75) is 107 Å². The molecule has 0 aromatic carbocycles. The van der Waals surface area contributed by atoms with Crippen LogP contribution in [0.3, 0.4) is 0 Å². The highest BCUT2D eigenvalue weighted by atomic mass is 19.4. The number of ether oxygens (including phenoxy) is 2. The van der Waals surface area contributed by atoms with E-state index in [0.29, 0.717) is 38.5 Å². The van der Waals surface area contributed by atoms with Gasteiger partial charge in [0.25, 0.3) is 6.43 Å². The molecule has 8 unspecified atom stereocenters. The van der Waals surface area contributed by atoms with Crippen LogP contribution in [0.4, 0.5) is 22.0 Å². The SMILES string of the molecule is COC1NCNC(C2CC2)C1C1NCC2C(N1)N(CC1CCC(N3NC(C(F)(F)F)CC3OC)CC1)C(=N)N2CC(F)F. The van der Waals surface area contributed by atoms with E-state index in [1.807, 2.05) is 4.90 Å². The molecule has 6 rings (SSSR count). The van der Waals surface area contributed by atoms with Crippen LogP contribution in [-0.4, -0.2) is 123 Å².